The number of methoxy groups -OCH3 is 2. The van der Waals surface area contributed by atoms with Gasteiger partial charge in [0, 0.05) is 18.9 Å². The smallest absolute Gasteiger partial charge is 0.324 e. The largest absolute Gasteiger partial charge is 0.467 e. The Balaban J connectivity index is 1.95. The average Bonchev–Trinajstić information content (AvgIpc) is 2.91. The van der Waals surface area contributed by atoms with Crippen molar-refractivity contribution in [3.8, 4) is 12.0 Å². The lowest BCUT2D eigenvalue weighted by Crippen LogP contribution is -2.13. The third-order valence-electron chi connectivity index (χ3n) is 2.14. The summed E-state index contributed by atoms with van der Waals surface area (Å²) >= 11 is 0. The Kier molecular flexibility index (Phi) is 3.90. The van der Waals surface area contributed by atoms with E-state index >= 15 is 0 Å². The number of rotatable bonds is 6. The van der Waals surface area contributed by atoms with E-state index in [4.69, 9.17) is 9.47 Å². The molecule has 2 aromatic heterocycles. The third-order valence-corrected chi connectivity index (χ3v) is 2.14. The van der Waals surface area contributed by atoms with Gasteiger partial charge in [0.15, 0.2) is 0 Å². The fraction of sp³-hybridized carbons (Fsp3) is 0.400. The van der Waals surface area contributed by atoms with E-state index in [9.17, 15) is 0 Å². The van der Waals surface area contributed by atoms with Crippen molar-refractivity contribution in [3.63, 3.8) is 0 Å². The molecule has 18 heavy (non-hydrogen) atoms. The summed E-state index contributed by atoms with van der Waals surface area (Å²) in [7, 11) is 2.98. The SMILES string of the molecule is COc1nc(NCCn2cccn2)nc(OC)n1. The van der Waals surface area contributed by atoms with Gasteiger partial charge in [-0.1, -0.05) is 0 Å². The lowest BCUT2D eigenvalue weighted by molar-refractivity contribution is 0.341. The van der Waals surface area contributed by atoms with E-state index in [0.29, 0.717) is 19.0 Å². The maximum Gasteiger partial charge on any atom is 0.324 e. The normalized spacial score (nSPS) is 10.1. The average molecular weight is 250 g/mol. The van der Waals surface area contributed by atoms with Crippen LogP contribution in [0.15, 0.2) is 18.5 Å². The summed E-state index contributed by atoms with van der Waals surface area (Å²) in [6.07, 6.45) is 3.62. The molecule has 0 aromatic carbocycles. The van der Waals surface area contributed by atoms with Crippen molar-refractivity contribution in [2.24, 2.45) is 0 Å². The van der Waals surface area contributed by atoms with Gasteiger partial charge >= 0.3 is 12.0 Å². The zero-order valence-electron chi connectivity index (χ0n) is 10.2. The van der Waals surface area contributed by atoms with Crippen molar-refractivity contribution in [1.29, 1.82) is 0 Å². The Labute approximate surface area is 104 Å². The van der Waals surface area contributed by atoms with Crippen molar-refractivity contribution in [2.45, 2.75) is 6.54 Å². The first-order valence-electron chi connectivity index (χ1n) is 5.37. The van der Waals surface area contributed by atoms with Crippen molar-refractivity contribution in [1.82, 2.24) is 24.7 Å². The molecule has 0 bridgehead atoms. The van der Waals surface area contributed by atoms with Gasteiger partial charge in [-0.3, -0.25) is 4.68 Å². The highest BCUT2D eigenvalue weighted by molar-refractivity contribution is 5.27. The number of anilines is 1. The lowest BCUT2D eigenvalue weighted by atomic mass is 10.6. The molecule has 2 aromatic rings. The molecule has 0 radical (unpaired) electrons. The summed E-state index contributed by atoms with van der Waals surface area (Å²) in [6, 6.07) is 2.29. The van der Waals surface area contributed by atoms with Crippen LogP contribution < -0.4 is 14.8 Å². The molecule has 2 heterocycles. The Morgan fingerprint density at radius 3 is 2.44 bits per heavy atom. The molecule has 1 N–H and O–H groups in total. The molecule has 0 saturated heterocycles. The summed E-state index contributed by atoms with van der Waals surface area (Å²) in [6.45, 7) is 1.35. The van der Waals surface area contributed by atoms with E-state index in [-0.39, 0.29) is 12.0 Å². The van der Waals surface area contributed by atoms with Crippen LogP contribution in [-0.4, -0.2) is 45.5 Å². The van der Waals surface area contributed by atoms with Gasteiger partial charge in [0.1, 0.15) is 0 Å². The van der Waals surface area contributed by atoms with Crippen LogP contribution in [0, 0.1) is 0 Å². The molecule has 0 saturated carbocycles. The van der Waals surface area contributed by atoms with E-state index in [0.717, 1.165) is 0 Å². The molecule has 0 unspecified atom stereocenters. The third kappa shape index (κ3) is 3.06. The molecule has 0 spiro atoms. The Morgan fingerprint density at radius 2 is 1.89 bits per heavy atom. The first-order chi connectivity index (χ1) is 8.81. The highest BCUT2D eigenvalue weighted by Crippen LogP contribution is 2.11. The summed E-state index contributed by atoms with van der Waals surface area (Å²) in [5.74, 6) is 0.408. The number of hydrogen-bond donors (Lipinski definition) is 1. The minimum Gasteiger partial charge on any atom is -0.467 e. The van der Waals surface area contributed by atoms with E-state index in [1.54, 1.807) is 6.20 Å². The summed E-state index contributed by atoms with van der Waals surface area (Å²) in [5.41, 5.74) is 0. The molecule has 96 valence electrons. The summed E-state index contributed by atoms with van der Waals surface area (Å²) in [4.78, 5) is 12.0. The minimum atomic E-state index is 0.212. The van der Waals surface area contributed by atoms with Crippen molar-refractivity contribution in [2.75, 3.05) is 26.1 Å². The number of aromatic nitrogens is 5. The van der Waals surface area contributed by atoms with Crippen LogP contribution in [0.3, 0.4) is 0 Å². The lowest BCUT2D eigenvalue weighted by Gasteiger charge is -2.07. The van der Waals surface area contributed by atoms with Gasteiger partial charge in [0.25, 0.3) is 0 Å². The molecule has 0 aliphatic heterocycles. The maximum atomic E-state index is 4.95. The molecule has 0 aliphatic rings. The number of hydrogen-bond acceptors (Lipinski definition) is 7. The standard InChI is InChI=1S/C10H14N6O2/c1-17-9-13-8(14-10(15-9)18-2)11-5-7-16-6-3-4-12-16/h3-4,6H,5,7H2,1-2H3,(H,11,13,14,15). The molecule has 0 atom stereocenters. The Bertz CT molecular complexity index is 465. The minimum absolute atomic E-state index is 0.212. The van der Waals surface area contributed by atoms with Gasteiger partial charge in [-0.25, -0.2) is 0 Å². The quantitative estimate of drug-likeness (QED) is 0.783. The van der Waals surface area contributed by atoms with Gasteiger partial charge in [-0.2, -0.15) is 15.1 Å². The van der Waals surface area contributed by atoms with Crippen LogP contribution >= 0.6 is 0 Å². The van der Waals surface area contributed by atoms with Crippen molar-refractivity contribution >= 4 is 5.95 Å². The molecular weight excluding hydrogens is 236 g/mol. The second kappa shape index (κ2) is 5.80. The van der Waals surface area contributed by atoms with Crippen LogP contribution in [-0.2, 0) is 6.54 Å². The van der Waals surface area contributed by atoms with Gasteiger partial charge < -0.3 is 14.8 Å². The van der Waals surface area contributed by atoms with E-state index in [1.165, 1.54) is 14.2 Å². The molecule has 0 fully saturated rings. The van der Waals surface area contributed by atoms with Crippen LogP contribution in [0.25, 0.3) is 0 Å². The van der Waals surface area contributed by atoms with Gasteiger partial charge in [-0.05, 0) is 6.07 Å². The van der Waals surface area contributed by atoms with Crippen LogP contribution in [0.4, 0.5) is 5.95 Å². The van der Waals surface area contributed by atoms with Crippen molar-refractivity contribution in [3.05, 3.63) is 18.5 Å². The maximum absolute atomic E-state index is 4.95. The Hall–Kier alpha value is -2.38. The molecule has 2 rings (SSSR count). The summed E-state index contributed by atoms with van der Waals surface area (Å²) < 4.78 is 11.7. The topological polar surface area (TPSA) is 87.0 Å². The molecule has 0 aliphatic carbocycles. The zero-order chi connectivity index (χ0) is 12.8. The van der Waals surface area contributed by atoms with E-state index in [2.05, 4.69) is 25.4 Å². The van der Waals surface area contributed by atoms with E-state index in [1.807, 2.05) is 16.9 Å². The fourth-order valence-electron chi connectivity index (χ4n) is 1.31. The van der Waals surface area contributed by atoms with Crippen LogP contribution in [0.5, 0.6) is 12.0 Å². The van der Waals surface area contributed by atoms with Crippen molar-refractivity contribution < 1.29 is 9.47 Å². The van der Waals surface area contributed by atoms with Gasteiger partial charge in [-0.15, -0.1) is 4.98 Å². The molecule has 0 amide bonds. The second-order valence-electron chi connectivity index (χ2n) is 3.33. The van der Waals surface area contributed by atoms with Gasteiger partial charge in [0.2, 0.25) is 5.95 Å². The van der Waals surface area contributed by atoms with E-state index < -0.39 is 0 Å². The highest BCUT2D eigenvalue weighted by Gasteiger charge is 2.06. The fourth-order valence-corrected chi connectivity index (χ4v) is 1.31. The highest BCUT2D eigenvalue weighted by atomic mass is 16.5. The van der Waals surface area contributed by atoms with Gasteiger partial charge in [0.05, 0.1) is 20.8 Å². The molecule has 8 heteroatoms. The molecule has 8 nitrogen and oxygen atoms in total. The first-order valence-corrected chi connectivity index (χ1v) is 5.37. The monoisotopic (exact) mass is 250 g/mol. The zero-order valence-corrected chi connectivity index (χ0v) is 10.2. The predicted octanol–water partition coefficient (Wildman–Crippen LogP) is 0.197. The summed E-state index contributed by atoms with van der Waals surface area (Å²) in [5, 5.41) is 7.14. The second-order valence-corrected chi connectivity index (χ2v) is 3.33. The van der Waals surface area contributed by atoms with Crippen LogP contribution in [0.1, 0.15) is 0 Å². The number of nitrogens with zero attached hydrogens (tertiary/aromatic N) is 5. The molecular formula is C10H14N6O2. The number of ether oxygens (including phenoxy) is 2. The van der Waals surface area contributed by atoms with Crippen LogP contribution in [0.2, 0.25) is 0 Å². The Morgan fingerprint density at radius 1 is 1.17 bits per heavy atom. The number of nitrogens with one attached hydrogen (secondary N) is 1. The first kappa shape index (κ1) is 12.1. The predicted molar refractivity (Wildman–Crippen MR) is 63.6 cm³/mol.